The van der Waals surface area contributed by atoms with Crippen LogP contribution in [0.5, 0.6) is 0 Å². The van der Waals surface area contributed by atoms with Crippen LogP contribution in [0.3, 0.4) is 0 Å². The van der Waals surface area contributed by atoms with E-state index in [1.54, 1.807) is 0 Å². The minimum Gasteiger partial charge on any atom is -0.385 e. The molecule has 1 fully saturated rings. The Morgan fingerprint density at radius 2 is 2.23 bits per heavy atom. The SMILES string of the molecule is CCNC(=O)N1CCC(NC2CCCNc3ccccc32)C1. The molecule has 5 nitrogen and oxygen atoms in total. The first-order chi connectivity index (χ1) is 10.8. The number of para-hydroxylation sites is 1. The van der Waals surface area contributed by atoms with Crippen LogP contribution in [0.1, 0.15) is 37.8 Å². The van der Waals surface area contributed by atoms with Crippen molar-refractivity contribution < 1.29 is 4.79 Å². The number of amides is 2. The molecule has 0 bridgehead atoms. The Morgan fingerprint density at radius 1 is 1.36 bits per heavy atom. The monoisotopic (exact) mass is 302 g/mol. The largest absolute Gasteiger partial charge is 0.385 e. The highest BCUT2D eigenvalue weighted by atomic mass is 16.2. The van der Waals surface area contributed by atoms with E-state index < -0.39 is 0 Å². The number of carbonyl (C=O) groups is 1. The maximum absolute atomic E-state index is 11.9. The van der Waals surface area contributed by atoms with Gasteiger partial charge in [-0.1, -0.05) is 18.2 Å². The highest BCUT2D eigenvalue weighted by molar-refractivity contribution is 5.74. The highest BCUT2D eigenvalue weighted by Crippen LogP contribution is 2.30. The third kappa shape index (κ3) is 3.35. The van der Waals surface area contributed by atoms with E-state index in [0.29, 0.717) is 18.6 Å². The first-order valence-corrected chi connectivity index (χ1v) is 8.39. The van der Waals surface area contributed by atoms with Gasteiger partial charge < -0.3 is 20.9 Å². The lowest BCUT2D eigenvalue weighted by molar-refractivity contribution is 0.208. The van der Waals surface area contributed by atoms with Crippen molar-refractivity contribution in [3.8, 4) is 0 Å². The van der Waals surface area contributed by atoms with Gasteiger partial charge >= 0.3 is 6.03 Å². The minimum atomic E-state index is 0.0646. The van der Waals surface area contributed by atoms with Crippen LogP contribution in [0, 0.1) is 0 Å². The second-order valence-corrected chi connectivity index (χ2v) is 6.14. The third-order valence-corrected chi connectivity index (χ3v) is 4.56. The molecule has 1 aromatic carbocycles. The van der Waals surface area contributed by atoms with Crippen LogP contribution < -0.4 is 16.0 Å². The molecular formula is C17H26N4O. The molecule has 2 heterocycles. The first-order valence-electron chi connectivity index (χ1n) is 8.39. The zero-order valence-electron chi connectivity index (χ0n) is 13.3. The standard InChI is InChI=1S/C17H26N4O/c1-2-18-17(22)21-11-9-13(12-21)20-16-8-5-10-19-15-7-4-3-6-14(15)16/h3-4,6-7,13,16,19-20H,2,5,8-12H2,1H3,(H,18,22). The van der Waals surface area contributed by atoms with Gasteiger partial charge in [0.05, 0.1) is 0 Å². The van der Waals surface area contributed by atoms with Crippen LogP contribution in [0.15, 0.2) is 24.3 Å². The van der Waals surface area contributed by atoms with E-state index in [1.165, 1.54) is 17.7 Å². The quantitative estimate of drug-likeness (QED) is 0.803. The maximum atomic E-state index is 11.9. The predicted molar refractivity (Wildman–Crippen MR) is 89.1 cm³/mol. The number of hydrogen-bond acceptors (Lipinski definition) is 3. The molecule has 0 aliphatic carbocycles. The fraction of sp³-hybridized carbons (Fsp3) is 0.588. The van der Waals surface area contributed by atoms with E-state index in [9.17, 15) is 4.79 Å². The van der Waals surface area contributed by atoms with E-state index in [1.807, 2.05) is 11.8 Å². The Bertz CT molecular complexity index is 519. The summed E-state index contributed by atoms with van der Waals surface area (Å²) in [5, 5.41) is 10.2. The summed E-state index contributed by atoms with van der Waals surface area (Å²) in [6, 6.07) is 9.39. The van der Waals surface area contributed by atoms with Crippen molar-refractivity contribution in [2.75, 3.05) is 31.5 Å². The summed E-state index contributed by atoms with van der Waals surface area (Å²) in [4.78, 5) is 13.8. The average molecular weight is 302 g/mol. The lowest BCUT2D eigenvalue weighted by atomic mass is 10.0. The zero-order chi connectivity index (χ0) is 15.4. The Labute approximate surface area is 132 Å². The number of likely N-dealkylation sites (tertiary alicyclic amines) is 1. The van der Waals surface area contributed by atoms with Gasteiger partial charge in [-0.15, -0.1) is 0 Å². The van der Waals surface area contributed by atoms with Gasteiger partial charge in [-0.3, -0.25) is 0 Å². The molecule has 0 saturated carbocycles. The normalized spacial score (nSPS) is 24.3. The summed E-state index contributed by atoms with van der Waals surface area (Å²) < 4.78 is 0. The average Bonchev–Trinajstić information content (AvgIpc) is 2.90. The van der Waals surface area contributed by atoms with Gasteiger partial charge in [0.15, 0.2) is 0 Å². The van der Waals surface area contributed by atoms with Gasteiger partial charge in [0.25, 0.3) is 0 Å². The van der Waals surface area contributed by atoms with E-state index in [-0.39, 0.29) is 6.03 Å². The van der Waals surface area contributed by atoms with Gasteiger partial charge in [0.1, 0.15) is 0 Å². The molecule has 22 heavy (non-hydrogen) atoms. The molecule has 2 aliphatic heterocycles. The lowest BCUT2D eigenvalue weighted by Gasteiger charge is -2.24. The molecule has 0 aromatic heterocycles. The second-order valence-electron chi connectivity index (χ2n) is 6.14. The Balaban J connectivity index is 1.63. The highest BCUT2D eigenvalue weighted by Gasteiger charge is 2.28. The lowest BCUT2D eigenvalue weighted by Crippen LogP contribution is -2.41. The van der Waals surface area contributed by atoms with Gasteiger partial charge in [-0.05, 0) is 37.8 Å². The van der Waals surface area contributed by atoms with Crippen molar-refractivity contribution >= 4 is 11.7 Å². The van der Waals surface area contributed by atoms with Gasteiger partial charge in [0, 0.05) is 44.0 Å². The number of carbonyl (C=O) groups excluding carboxylic acids is 1. The van der Waals surface area contributed by atoms with Gasteiger partial charge in [-0.2, -0.15) is 0 Å². The van der Waals surface area contributed by atoms with E-state index in [4.69, 9.17) is 0 Å². The van der Waals surface area contributed by atoms with Crippen molar-refractivity contribution in [2.45, 2.75) is 38.3 Å². The maximum Gasteiger partial charge on any atom is 0.317 e. The van der Waals surface area contributed by atoms with Crippen LogP contribution in [-0.2, 0) is 0 Å². The summed E-state index contributed by atoms with van der Waals surface area (Å²) in [6.45, 7) is 5.33. The van der Waals surface area contributed by atoms with Crippen molar-refractivity contribution in [2.24, 2.45) is 0 Å². The smallest absolute Gasteiger partial charge is 0.317 e. The first kappa shape index (κ1) is 15.2. The Kier molecular flexibility index (Phi) is 4.83. The number of rotatable bonds is 3. The molecule has 2 atom stereocenters. The van der Waals surface area contributed by atoms with Crippen molar-refractivity contribution in [3.05, 3.63) is 29.8 Å². The molecule has 3 rings (SSSR count). The number of hydrogen-bond donors (Lipinski definition) is 3. The number of fused-ring (bicyclic) bond motifs is 1. The molecular weight excluding hydrogens is 276 g/mol. The fourth-order valence-electron chi connectivity index (χ4n) is 3.45. The van der Waals surface area contributed by atoms with E-state index in [2.05, 4.69) is 40.2 Å². The summed E-state index contributed by atoms with van der Waals surface area (Å²) in [5.41, 5.74) is 2.60. The summed E-state index contributed by atoms with van der Waals surface area (Å²) in [7, 11) is 0. The van der Waals surface area contributed by atoms with Gasteiger partial charge in [-0.25, -0.2) is 4.79 Å². The van der Waals surface area contributed by atoms with Crippen LogP contribution in [0.2, 0.25) is 0 Å². The molecule has 2 aliphatic rings. The topological polar surface area (TPSA) is 56.4 Å². The van der Waals surface area contributed by atoms with Crippen LogP contribution >= 0.6 is 0 Å². The number of nitrogens with one attached hydrogen (secondary N) is 3. The summed E-state index contributed by atoms with van der Waals surface area (Å²) in [6.07, 6.45) is 3.34. The number of urea groups is 1. The summed E-state index contributed by atoms with van der Waals surface area (Å²) in [5.74, 6) is 0. The molecule has 1 saturated heterocycles. The van der Waals surface area contributed by atoms with Crippen molar-refractivity contribution in [3.63, 3.8) is 0 Å². The minimum absolute atomic E-state index is 0.0646. The van der Waals surface area contributed by atoms with Crippen molar-refractivity contribution in [1.82, 2.24) is 15.5 Å². The third-order valence-electron chi connectivity index (χ3n) is 4.56. The molecule has 0 radical (unpaired) electrons. The molecule has 120 valence electrons. The van der Waals surface area contributed by atoms with Crippen molar-refractivity contribution in [1.29, 1.82) is 0 Å². The Morgan fingerprint density at radius 3 is 3.09 bits per heavy atom. The predicted octanol–water partition coefficient (Wildman–Crippen LogP) is 2.33. The van der Waals surface area contributed by atoms with E-state index in [0.717, 1.165) is 32.5 Å². The number of anilines is 1. The molecule has 0 spiro atoms. The zero-order valence-corrected chi connectivity index (χ0v) is 13.3. The van der Waals surface area contributed by atoms with E-state index >= 15 is 0 Å². The van der Waals surface area contributed by atoms with Gasteiger partial charge in [0.2, 0.25) is 0 Å². The fourth-order valence-corrected chi connectivity index (χ4v) is 3.45. The summed E-state index contributed by atoms with van der Waals surface area (Å²) >= 11 is 0. The number of nitrogens with zero attached hydrogens (tertiary/aromatic N) is 1. The molecule has 1 aromatic rings. The second kappa shape index (κ2) is 7.01. The van der Waals surface area contributed by atoms with Crippen LogP contribution in [0.25, 0.3) is 0 Å². The van der Waals surface area contributed by atoms with Crippen LogP contribution in [-0.4, -0.2) is 43.2 Å². The molecule has 5 heteroatoms. The molecule has 2 unspecified atom stereocenters. The molecule has 3 N–H and O–H groups in total. The number of benzene rings is 1. The molecule has 2 amide bonds. The Hall–Kier alpha value is -1.75. The van der Waals surface area contributed by atoms with Crippen LogP contribution in [0.4, 0.5) is 10.5 Å².